The Morgan fingerprint density at radius 1 is 1.08 bits per heavy atom. The molecule has 0 aliphatic heterocycles. The van der Waals surface area contributed by atoms with Gasteiger partial charge in [-0.3, -0.25) is 4.79 Å². The van der Waals surface area contributed by atoms with Crippen LogP contribution in [0.5, 0.6) is 0 Å². The van der Waals surface area contributed by atoms with Crippen LogP contribution >= 0.6 is 23.2 Å². The fraction of sp³-hybridized carbons (Fsp3) is 0.188. The summed E-state index contributed by atoms with van der Waals surface area (Å²) >= 11 is 11.5. The molecule has 24 heavy (non-hydrogen) atoms. The van der Waals surface area contributed by atoms with Crippen LogP contribution in [0.4, 0.5) is 0 Å². The van der Waals surface area contributed by atoms with Crippen molar-refractivity contribution in [1.82, 2.24) is 4.72 Å². The van der Waals surface area contributed by atoms with Crippen LogP contribution < -0.4 is 4.72 Å². The van der Waals surface area contributed by atoms with Gasteiger partial charge in [-0.05, 0) is 30.7 Å². The molecule has 5 nitrogen and oxygen atoms in total. The molecule has 0 amide bonds. The highest BCUT2D eigenvalue weighted by Crippen LogP contribution is 2.24. The van der Waals surface area contributed by atoms with Gasteiger partial charge in [0.25, 0.3) is 0 Å². The average Bonchev–Trinajstić information content (AvgIpc) is 2.55. The number of aryl methyl sites for hydroxylation is 1. The topological polar surface area (TPSA) is 72.5 Å². The average molecular weight is 388 g/mol. The number of sulfonamides is 1. The van der Waals surface area contributed by atoms with Crippen LogP contribution in [0.2, 0.25) is 10.0 Å². The first kappa shape index (κ1) is 18.7. The highest BCUT2D eigenvalue weighted by molar-refractivity contribution is 7.89. The molecular formula is C16H15Cl2NO4S. The van der Waals surface area contributed by atoms with E-state index in [9.17, 15) is 13.2 Å². The van der Waals surface area contributed by atoms with Gasteiger partial charge >= 0.3 is 5.97 Å². The van der Waals surface area contributed by atoms with Gasteiger partial charge in [0.1, 0.15) is 13.2 Å². The molecule has 8 heteroatoms. The molecule has 0 spiro atoms. The number of hydrogen-bond acceptors (Lipinski definition) is 4. The zero-order chi connectivity index (χ0) is 17.7. The Hall–Kier alpha value is -1.60. The fourth-order valence-corrected chi connectivity index (χ4v) is 3.14. The van der Waals surface area contributed by atoms with Gasteiger partial charge in [-0.2, -0.15) is 4.72 Å². The number of halogens is 2. The predicted octanol–water partition coefficient (Wildman–Crippen LogP) is 3.32. The van der Waals surface area contributed by atoms with Crippen molar-refractivity contribution in [2.75, 3.05) is 6.54 Å². The van der Waals surface area contributed by atoms with Crippen LogP contribution in [0.1, 0.15) is 11.1 Å². The van der Waals surface area contributed by atoms with Crippen molar-refractivity contribution < 1.29 is 17.9 Å². The first-order chi connectivity index (χ1) is 11.3. The standard InChI is InChI=1S/C16H15Cl2NO4S/c1-11-2-4-12(5-3-11)10-23-16(20)9-19-24(21,22)13-6-7-14(17)15(18)8-13/h2-8,19H,9-10H2,1H3. The minimum atomic E-state index is -3.88. The van der Waals surface area contributed by atoms with Gasteiger partial charge in [-0.25, -0.2) is 8.42 Å². The fourth-order valence-electron chi connectivity index (χ4n) is 1.78. The van der Waals surface area contributed by atoms with Gasteiger partial charge in [0.05, 0.1) is 14.9 Å². The Bertz CT molecular complexity index is 836. The van der Waals surface area contributed by atoms with Gasteiger partial charge < -0.3 is 4.74 Å². The first-order valence-electron chi connectivity index (χ1n) is 6.94. The Morgan fingerprint density at radius 2 is 1.75 bits per heavy atom. The number of carbonyl (C=O) groups excluding carboxylic acids is 1. The molecular weight excluding hydrogens is 373 g/mol. The van der Waals surface area contributed by atoms with Crippen molar-refractivity contribution >= 4 is 39.2 Å². The third kappa shape index (κ3) is 5.21. The molecule has 0 aliphatic carbocycles. The van der Waals surface area contributed by atoms with Crippen LogP contribution in [0, 0.1) is 6.92 Å². The second kappa shape index (κ2) is 7.98. The summed E-state index contributed by atoms with van der Waals surface area (Å²) in [5.74, 6) is -0.681. The van der Waals surface area contributed by atoms with E-state index in [1.54, 1.807) is 0 Å². The maximum atomic E-state index is 12.1. The van der Waals surface area contributed by atoms with Crippen molar-refractivity contribution in [2.24, 2.45) is 0 Å². The minimum Gasteiger partial charge on any atom is -0.460 e. The predicted molar refractivity (Wildman–Crippen MR) is 92.6 cm³/mol. The maximum absolute atomic E-state index is 12.1. The van der Waals surface area contributed by atoms with Crippen molar-refractivity contribution in [3.63, 3.8) is 0 Å². The minimum absolute atomic E-state index is 0.0770. The van der Waals surface area contributed by atoms with E-state index in [2.05, 4.69) is 4.72 Å². The molecule has 0 aromatic heterocycles. The number of ether oxygens (including phenoxy) is 1. The molecule has 0 heterocycles. The molecule has 0 saturated heterocycles. The van der Waals surface area contributed by atoms with E-state index < -0.39 is 22.5 Å². The molecule has 128 valence electrons. The van der Waals surface area contributed by atoms with Crippen molar-refractivity contribution in [3.05, 3.63) is 63.6 Å². The number of benzene rings is 2. The highest BCUT2D eigenvalue weighted by Gasteiger charge is 2.17. The Morgan fingerprint density at radius 3 is 2.38 bits per heavy atom. The van der Waals surface area contributed by atoms with E-state index in [0.717, 1.165) is 11.1 Å². The summed E-state index contributed by atoms with van der Waals surface area (Å²) < 4.78 is 31.4. The van der Waals surface area contributed by atoms with Crippen molar-refractivity contribution in [3.8, 4) is 0 Å². The molecule has 0 saturated carbocycles. The summed E-state index contributed by atoms with van der Waals surface area (Å²) in [7, 11) is -3.88. The maximum Gasteiger partial charge on any atom is 0.321 e. The second-order valence-electron chi connectivity index (χ2n) is 5.05. The van der Waals surface area contributed by atoms with E-state index in [1.165, 1.54) is 18.2 Å². The second-order valence-corrected chi connectivity index (χ2v) is 7.63. The zero-order valence-corrected chi connectivity index (χ0v) is 15.1. The van der Waals surface area contributed by atoms with Gasteiger partial charge in [0, 0.05) is 0 Å². The lowest BCUT2D eigenvalue weighted by atomic mass is 10.2. The summed E-state index contributed by atoms with van der Waals surface area (Å²) in [6.45, 7) is 1.55. The molecule has 2 aromatic carbocycles. The van der Waals surface area contributed by atoms with Crippen LogP contribution in [-0.2, 0) is 26.2 Å². The molecule has 0 unspecified atom stereocenters. The van der Waals surface area contributed by atoms with Crippen LogP contribution in [-0.4, -0.2) is 20.9 Å². The van der Waals surface area contributed by atoms with E-state index in [1.807, 2.05) is 31.2 Å². The quantitative estimate of drug-likeness (QED) is 0.771. The van der Waals surface area contributed by atoms with Crippen LogP contribution in [0.15, 0.2) is 47.4 Å². The summed E-state index contributed by atoms with van der Waals surface area (Å²) in [4.78, 5) is 11.6. The lowest BCUT2D eigenvalue weighted by Crippen LogP contribution is -2.30. The molecule has 2 rings (SSSR count). The summed E-state index contributed by atoms with van der Waals surface area (Å²) in [5.41, 5.74) is 1.92. The summed E-state index contributed by atoms with van der Waals surface area (Å²) in [6.07, 6.45) is 0. The number of hydrogen-bond donors (Lipinski definition) is 1. The molecule has 1 N–H and O–H groups in total. The van der Waals surface area contributed by atoms with Gasteiger partial charge in [0.2, 0.25) is 10.0 Å². The summed E-state index contributed by atoms with van der Waals surface area (Å²) in [6, 6.07) is 11.4. The van der Waals surface area contributed by atoms with Gasteiger partial charge in [-0.15, -0.1) is 0 Å². The molecule has 0 radical (unpaired) electrons. The number of carbonyl (C=O) groups is 1. The molecule has 0 bridgehead atoms. The van der Waals surface area contributed by atoms with Gasteiger partial charge in [-0.1, -0.05) is 53.0 Å². The van der Waals surface area contributed by atoms with Gasteiger partial charge in [0.15, 0.2) is 0 Å². The van der Waals surface area contributed by atoms with E-state index in [0.29, 0.717) is 0 Å². The lowest BCUT2D eigenvalue weighted by molar-refractivity contribution is -0.143. The third-order valence-corrected chi connectivity index (χ3v) is 5.27. The SMILES string of the molecule is Cc1ccc(COC(=O)CNS(=O)(=O)c2ccc(Cl)c(Cl)c2)cc1. The zero-order valence-electron chi connectivity index (χ0n) is 12.8. The van der Waals surface area contributed by atoms with Crippen molar-refractivity contribution in [1.29, 1.82) is 0 Å². The Balaban J connectivity index is 1.90. The van der Waals surface area contributed by atoms with Crippen molar-refractivity contribution in [2.45, 2.75) is 18.4 Å². The largest absolute Gasteiger partial charge is 0.460 e. The normalized spacial score (nSPS) is 11.3. The van der Waals surface area contributed by atoms with Crippen LogP contribution in [0.25, 0.3) is 0 Å². The molecule has 0 aliphatic rings. The third-order valence-electron chi connectivity index (χ3n) is 3.13. The lowest BCUT2D eigenvalue weighted by Gasteiger charge is -2.08. The Labute approximate surface area is 150 Å². The Kier molecular flexibility index (Phi) is 6.23. The van der Waals surface area contributed by atoms with E-state index in [4.69, 9.17) is 27.9 Å². The molecule has 0 fully saturated rings. The number of esters is 1. The number of rotatable bonds is 6. The number of nitrogens with one attached hydrogen (secondary N) is 1. The highest BCUT2D eigenvalue weighted by atomic mass is 35.5. The smallest absolute Gasteiger partial charge is 0.321 e. The van der Waals surface area contributed by atoms with E-state index >= 15 is 0 Å². The molecule has 0 atom stereocenters. The monoisotopic (exact) mass is 387 g/mol. The first-order valence-corrected chi connectivity index (χ1v) is 9.18. The van der Waals surface area contributed by atoms with E-state index in [-0.39, 0.29) is 21.5 Å². The van der Waals surface area contributed by atoms with Crippen LogP contribution in [0.3, 0.4) is 0 Å². The summed E-state index contributed by atoms with van der Waals surface area (Å²) in [5, 5.41) is 0.356. The molecule has 2 aromatic rings.